The van der Waals surface area contributed by atoms with Gasteiger partial charge in [0.15, 0.2) is 6.29 Å². The number of anilines is 1. The van der Waals surface area contributed by atoms with E-state index in [0.717, 1.165) is 21.7 Å². The van der Waals surface area contributed by atoms with Crippen LogP contribution in [0.1, 0.15) is 10.4 Å². The lowest BCUT2D eigenvalue weighted by atomic mass is 10.1. The zero-order valence-corrected chi connectivity index (χ0v) is 8.78. The van der Waals surface area contributed by atoms with Crippen LogP contribution < -0.4 is 5.73 Å². The minimum absolute atomic E-state index is 0.479. The molecule has 0 saturated heterocycles. The summed E-state index contributed by atoms with van der Waals surface area (Å²) in [6, 6.07) is 5.32. The van der Waals surface area contributed by atoms with E-state index < -0.39 is 0 Å². The molecule has 1 heterocycles. The molecule has 2 rings (SSSR count). The van der Waals surface area contributed by atoms with Crippen molar-refractivity contribution in [2.75, 3.05) is 5.73 Å². The molecule has 14 heavy (non-hydrogen) atoms. The fourth-order valence-corrected chi connectivity index (χ4v) is 1.68. The fourth-order valence-electron chi connectivity index (χ4n) is 1.34. The van der Waals surface area contributed by atoms with E-state index in [2.05, 4.69) is 20.9 Å². The van der Waals surface area contributed by atoms with E-state index in [4.69, 9.17) is 5.73 Å². The Hall–Kier alpha value is -1.42. The Morgan fingerprint density at radius 3 is 2.93 bits per heavy atom. The van der Waals surface area contributed by atoms with E-state index in [0.29, 0.717) is 11.3 Å². The molecule has 2 N–H and O–H groups in total. The van der Waals surface area contributed by atoms with E-state index in [1.165, 1.54) is 0 Å². The lowest BCUT2D eigenvalue weighted by Gasteiger charge is -2.03. The van der Waals surface area contributed by atoms with Gasteiger partial charge in [-0.1, -0.05) is 0 Å². The highest BCUT2D eigenvalue weighted by molar-refractivity contribution is 9.10. The van der Waals surface area contributed by atoms with Crippen molar-refractivity contribution in [1.29, 1.82) is 0 Å². The third-order valence-corrected chi connectivity index (χ3v) is 2.46. The molecule has 0 atom stereocenters. The van der Waals surface area contributed by atoms with Crippen molar-refractivity contribution in [1.82, 2.24) is 4.98 Å². The first-order chi connectivity index (χ1) is 6.72. The molecule has 70 valence electrons. The molecular formula is C10H7BrN2O. The Morgan fingerprint density at radius 2 is 2.21 bits per heavy atom. The van der Waals surface area contributed by atoms with Gasteiger partial charge in [0.05, 0.1) is 5.52 Å². The van der Waals surface area contributed by atoms with Crippen molar-refractivity contribution in [3.8, 4) is 0 Å². The Labute approximate surface area is 89.1 Å². The Kier molecular flexibility index (Phi) is 2.21. The van der Waals surface area contributed by atoms with Crippen LogP contribution in [0, 0.1) is 0 Å². The number of aldehydes is 1. The largest absolute Gasteiger partial charge is 0.398 e. The van der Waals surface area contributed by atoms with Gasteiger partial charge in [-0.25, -0.2) is 0 Å². The van der Waals surface area contributed by atoms with Crippen molar-refractivity contribution in [3.63, 3.8) is 0 Å². The summed E-state index contributed by atoms with van der Waals surface area (Å²) in [7, 11) is 0. The van der Waals surface area contributed by atoms with E-state index in [1.807, 2.05) is 6.07 Å². The average Bonchev–Trinajstić information content (AvgIpc) is 2.17. The lowest BCUT2D eigenvalue weighted by Crippen LogP contribution is -1.94. The molecule has 2 aromatic rings. The molecule has 0 unspecified atom stereocenters. The predicted octanol–water partition coefficient (Wildman–Crippen LogP) is 2.39. The standard InChI is InChI=1S/C10H7BrN2O/c11-6-3-7-8(5-14)9(12)1-2-10(7)13-4-6/h1-5H,12H2. The van der Waals surface area contributed by atoms with Gasteiger partial charge in [-0.3, -0.25) is 9.78 Å². The maximum atomic E-state index is 10.8. The van der Waals surface area contributed by atoms with Crippen molar-refractivity contribution in [2.24, 2.45) is 0 Å². The third kappa shape index (κ3) is 1.37. The highest BCUT2D eigenvalue weighted by Gasteiger charge is 2.05. The number of fused-ring (bicyclic) bond motifs is 1. The summed E-state index contributed by atoms with van der Waals surface area (Å²) in [6.07, 6.45) is 2.44. The summed E-state index contributed by atoms with van der Waals surface area (Å²) < 4.78 is 0.832. The number of nitrogens with two attached hydrogens (primary N) is 1. The number of hydrogen-bond donors (Lipinski definition) is 1. The van der Waals surface area contributed by atoms with Crippen molar-refractivity contribution < 1.29 is 4.79 Å². The number of halogens is 1. The number of nitrogen functional groups attached to an aromatic ring is 1. The van der Waals surface area contributed by atoms with E-state index >= 15 is 0 Å². The van der Waals surface area contributed by atoms with Crippen molar-refractivity contribution >= 4 is 38.8 Å². The van der Waals surface area contributed by atoms with Crippen LogP contribution in [0.15, 0.2) is 28.9 Å². The van der Waals surface area contributed by atoms with E-state index in [-0.39, 0.29) is 0 Å². The SMILES string of the molecule is Nc1ccc2ncc(Br)cc2c1C=O. The number of carbonyl (C=O) groups is 1. The molecule has 0 amide bonds. The van der Waals surface area contributed by atoms with Gasteiger partial charge < -0.3 is 5.73 Å². The van der Waals surface area contributed by atoms with Gasteiger partial charge in [-0.2, -0.15) is 0 Å². The Balaban J connectivity index is 2.91. The summed E-state index contributed by atoms with van der Waals surface area (Å²) in [5.74, 6) is 0. The number of hydrogen-bond acceptors (Lipinski definition) is 3. The molecule has 0 aliphatic rings. The predicted molar refractivity (Wildman–Crippen MR) is 59.2 cm³/mol. The van der Waals surface area contributed by atoms with Crippen LogP contribution in [-0.4, -0.2) is 11.3 Å². The molecule has 1 aromatic carbocycles. The second kappa shape index (κ2) is 3.38. The first-order valence-corrected chi connectivity index (χ1v) is 4.80. The Morgan fingerprint density at radius 1 is 1.43 bits per heavy atom. The summed E-state index contributed by atoms with van der Waals surface area (Å²) in [5, 5.41) is 0.773. The van der Waals surface area contributed by atoms with Crippen LogP contribution in [-0.2, 0) is 0 Å². The molecule has 1 aromatic heterocycles. The molecule has 4 heteroatoms. The number of aromatic nitrogens is 1. The van der Waals surface area contributed by atoms with Gasteiger partial charge in [0.1, 0.15) is 0 Å². The van der Waals surface area contributed by atoms with Gasteiger partial charge in [0.2, 0.25) is 0 Å². The molecule has 0 aliphatic carbocycles. The molecule has 0 fully saturated rings. The van der Waals surface area contributed by atoms with Crippen LogP contribution in [0.25, 0.3) is 10.9 Å². The number of carbonyl (C=O) groups excluding carboxylic acids is 1. The van der Waals surface area contributed by atoms with Crippen LogP contribution in [0.5, 0.6) is 0 Å². The minimum Gasteiger partial charge on any atom is -0.398 e. The maximum absolute atomic E-state index is 10.8. The Bertz CT molecular complexity index is 505. The highest BCUT2D eigenvalue weighted by atomic mass is 79.9. The number of nitrogens with zero attached hydrogens (tertiary/aromatic N) is 1. The third-order valence-electron chi connectivity index (χ3n) is 2.02. The summed E-state index contributed by atoms with van der Waals surface area (Å²) in [6.45, 7) is 0. The minimum atomic E-state index is 0.479. The van der Waals surface area contributed by atoms with Crippen LogP contribution in [0.4, 0.5) is 5.69 Å². The lowest BCUT2D eigenvalue weighted by molar-refractivity contribution is 0.112. The second-order valence-corrected chi connectivity index (χ2v) is 3.82. The molecule has 0 bridgehead atoms. The van der Waals surface area contributed by atoms with Crippen LogP contribution >= 0.6 is 15.9 Å². The molecule has 0 saturated carbocycles. The molecule has 0 spiro atoms. The van der Waals surface area contributed by atoms with Crippen LogP contribution in [0.2, 0.25) is 0 Å². The summed E-state index contributed by atoms with van der Waals surface area (Å²) >= 11 is 3.30. The van der Waals surface area contributed by atoms with Crippen molar-refractivity contribution in [3.05, 3.63) is 34.4 Å². The quantitative estimate of drug-likeness (QED) is 0.625. The zero-order valence-electron chi connectivity index (χ0n) is 7.20. The normalized spacial score (nSPS) is 10.4. The van der Waals surface area contributed by atoms with Crippen LogP contribution in [0.3, 0.4) is 0 Å². The molecule has 3 nitrogen and oxygen atoms in total. The van der Waals surface area contributed by atoms with Gasteiger partial charge in [0.25, 0.3) is 0 Å². The molecule has 0 aliphatic heterocycles. The topological polar surface area (TPSA) is 56.0 Å². The monoisotopic (exact) mass is 250 g/mol. The second-order valence-electron chi connectivity index (χ2n) is 2.91. The van der Waals surface area contributed by atoms with Gasteiger partial charge in [-0.05, 0) is 34.1 Å². The van der Waals surface area contributed by atoms with Crippen molar-refractivity contribution in [2.45, 2.75) is 0 Å². The fraction of sp³-hybridized carbons (Fsp3) is 0. The number of benzene rings is 1. The zero-order chi connectivity index (χ0) is 10.1. The summed E-state index contributed by atoms with van der Waals surface area (Å²) in [5.41, 5.74) is 7.42. The average molecular weight is 251 g/mol. The smallest absolute Gasteiger partial charge is 0.152 e. The highest BCUT2D eigenvalue weighted by Crippen LogP contribution is 2.23. The van der Waals surface area contributed by atoms with Gasteiger partial charge in [-0.15, -0.1) is 0 Å². The molecule has 0 radical (unpaired) electrons. The first kappa shape index (κ1) is 9.15. The maximum Gasteiger partial charge on any atom is 0.152 e. The summed E-state index contributed by atoms with van der Waals surface area (Å²) in [4.78, 5) is 15.0. The van der Waals surface area contributed by atoms with Gasteiger partial charge >= 0.3 is 0 Å². The molecular weight excluding hydrogens is 244 g/mol. The number of pyridine rings is 1. The van der Waals surface area contributed by atoms with E-state index in [1.54, 1.807) is 18.3 Å². The van der Waals surface area contributed by atoms with Gasteiger partial charge in [0, 0.05) is 27.3 Å². The van der Waals surface area contributed by atoms with E-state index in [9.17, 15) is 4.79 Å². The first-order valence-electron chi connectivity index (χ1n) is 4.01. The number of rotatable bonds is 1.